The number of thioether (sulfide) groups is 1. The van der Waals surface area contributed by atoms with E-state index in [-0.39, 0.29) is 11.9 Å². The summed E-state index contributed by atoms with van der Waals surface area (Å²) < 4.78 is 10.9. The standard InChI is InChI=1S/C28H37N3O4S/c1-6-15-31(16-7-2)23(14-17-36-5)28(33)29-22-18-20(12-13-26(22)34-4)30(3)24-19-27(32)35-25-11-9-8-10-21(24)25/h8-13,18-19,23H,6-7,14-17H2,1-5H3,(H,29,33)/t23-/m0/s1. The molecule has 1 amide bonds. The van der Waals surface area contributed by atoms with Crippen molar-refractivity contribution >= 4 is 45.7 Å². The highest BCUT2D eigenvalue weighted by atomic mass is 32.2. The number of rotatable bonds is 13. The van der Waals surface area contributed by atoms with Gasteiger partial charge in [0, 0.05) is 24.2 Å². The molecule has 3 aromatic rings. The van der Waals surface area contributed by atoms with Crippen LogP contribution in [0.15, 0.2) is 57.7 Å². The van der Waals surface area contributed by atoms with Crippen molar-refractivity contribution in [3.63, 3.8) is 0 Å². The first-order valence-electron chi connectivity index (χ1n) is 12.4. The van der Waals surface area contributed by atoms with Crippen LogP contribution in [0.1, 0.15) is 33.1 Å². The van der Waals surface area contributed by atoms with E-state index >= 15 is 0 Å². The van der Waals surface area contributed by atoms with Gasteiger partial charge in [0.15, 0.2) is 0 Å². The molecule has 0 fully saturated rings. The molecule has 0 saturated carbocycles. The van der Waals surface area contributed by atoms with Crippen molar-refractivity contribution in [3.8, 4) is 5.75 Å². The average molecular weight is 512 g/mol. The van der Waals surface area contributed by atoms with Gasteiger partial charge in [0.1, 0.15) is 11.3 Å². The molecule has 1 heterocycles. The number of ether oxygens (including phenoxy) is 1. The average Bonchev–Trinajstić information content (AvgIpc) is 2.88. The van der Waals surface area contributed by atoms with Crippen molar-refractivity contribution in [3.05, 3.63) is 59.0 Å². The van der Waals surface area contributed by atoms with Crippen LogP contribution in [0.5, 0.6) is 5.75 Å². The summed E-state index contributed by atoms with van der Waals surface area (Å²) in [5.41, 5.74) is 2.24. The molecule has 0 aliphatic rings. The van der Waals surface area contributed by atoms with Gasteiger partial charge in [-0.15, -0.1) is 0 Å². The highest BCUT2D eigenvalue weighted by Crippen LogP contribution is 2.35. The van der Waals surface area contributed by atoms with E-state index in [0.29, 0.717) is 17.0 Å². The summed E-state index contributed by atoms with van der Waals surface area (Å²) in [7, 11) is 3.48. The lowest BCUT2D eigenvalue weighted by atomic mass is 10.1. The van der Waals surface area contributed by atoms with Gasteiger partial charge >= 0.3 is 5.63 Å². The number of anilines is 3. The fraction of sp³-hybridized carbons (Fsp3) is 0.429. The zero-order chi connectivity index (χ0) is 26.1. The molecule has 1 N–H and O–H groups in total. The fourth-order valence-corrected chi connectivity index (χ4v) is 4.90. The van der Waals surface area contributed by atoms with Gasteiger partial charge in [-0.25, -0.2) is 4.79 Å². The number of methoxy groups -OCH3 is 1. The SMILES string of the molecule is CCCN(CCC)[C@@H](CCSC)C(=O)Nc1cc(N(C)c2cc(=O)oc3ccccc23)ccc1OC. The van der Waals surface area contributed by atoms with Crippen LogP contribution in [0, 0.1) is 0 Å². The number of fused-ring (bicyclic) bond motifs is 1. The lowest BCUT2D eigenvalue weighted by Crippen LogP contribution is -2.45. The maximum absolute atomic E-state index is 13.6. The van der Waals surface area contributed by atoms with Gasteiger partial charge in [0.2, 0.25) is 5.91 Å². The second kappa shape index (κ2) is 13.4. The Bertz CT molecular complexity index is 1210. The van der Waals surface area contributed by atoms with E-state index in [2.05, 4.69) is 30.3 Å². The van der Waals surface area contributed by atoms with E-state index in [1.807, 2.05) is 48.3 Å². The van der Waals surface area contributed by atoms with Crippen LogP contribution in [0.2, 0.25) is 0 Å². The smallest absolute Gasteiger partial charge is 0.338 e. The highest BCUT2D eigenvalue weighted by molar-refractivity contribution is 7.98. The minimum absolute atomic E-state index is 0.0325. The highest BCUT2D eigenvalue weighted by Gasteiger charge is 2.26. The number of nitrogens with zero attached hydrogens (tertiary/aromatic N) is 2. The van der Waals surface area contributed by atoms with Crippen LogP contribution in [0.25, 0.3) is 11.0 Å². The molecule has 0 aliphatic carbocycles. The summed E-state index contributed by atoms with van der Waals surface area (Å²) in [6.07, 6.45) is 4.83. The second-order valence-electron chi connectivity index (χ2n) is 8.71. The van der Waals surface area contributed by atoms with Crippen LogP contribution in [-0.4, -0.2) is 56.1 Å². The molecule has 2 aromatic carbocycles. The lowest BCUT2D eigenvalue weighted by molar-refractivity contribution is -0.121. The normalized spacial score (nSPS) is 12.1. The predicted molar refractivity (Wildman–Crippen MR) is 151 cm³/mol. The van der Waals surface area contributed by atoms with Gasteiger partial charge in [0.25, 0.3) is 0 Å². The van der Waals surface area contributed by atoms with Crippen molar-refractivity contribution in [1.29, 1.82) is 0 Å². The predicted octanol–water partition coefficient (Wildman–Crippen LogP) is 5.75. The second-order valence-corrected chi connectivity index (χ2v) is 9.70. The van der Waals surface area contributed by atoms with Crippen molar-refractivity contribution in [1.82, 2.24) is 4.90 Å². The lowest BCUT2D eigenvalue weighted by Gasteiger charge is -2.30. The number of hydrogen-bond acceptors (Lipinski definition) is 7. The summed E-state index contributed by atoms with van der Waals surface area (Å²) in [6, 6.07) is 14.3. The van der Waals surface area contributed by atoms with E-state index in [4.69, 9.17) is 9.15 Å². The van der Waals surface area contributed by atoms with Gasteiger partial charge in [-0.3, -0.25) is 9.69 Å². The number of carbonyl (C=O) groups excluding carboxylic acids is 1. The number of para-hydroxylation sites is 1. The van der Waals surface area contributed by atoms with Crippen molar-refractivity contribution in [2.24, 2.45) is 0 Å². The van der Waals surface area contributed by atoms with Crippen molar-refractivity contribution in [2.45, 2.75) is 39.2 Å². The van der Waals surface area contributed by atoms with Gasteiger partial charge in [-0.05, 0) is 74.7 Å². The fourth-order valence-electron chi connectivity index (χ4n) is 4.44. The summed E-state index contributed by atoms with van der Waals surface area (Å²) in [4.78, 5) is 30.0. The van der Waals surface area contributed by atoms with Gasteiger partial charge < -0.3 is 19.4 Å². The molecule has 194 valence electrons. The van der Waals surface area contributed by atoms with E-state index < -0.39 is 5.63 Å². The Balaban J connectivity index is 1.95. The summed E-state index contributed by atoms with van der Waals surface area (Å²) in [5, 5.41) is 3.97. The third kappa shape index (κ3) is 6.62. The summed E-state index contributed by atoms with van der Waals surface area (Å²) >= 11 is 1.75. The van der Waals surface area contributed by atoms with Crippen LogP contribution in [0.3, 0.4) is 0 Å². The Morgan fingerprint density at radius 1 is 1.11 bits per heavy atom. The Hall–Kier alpha value is -2.97. The summed E-state index contributed by atoms with van der Waals surface area (Å²) in [5.74, 6) is 1.46. The molecule has 0 spiro atoms. The first-order chi connectivity index (χ1) is 17.4. The number of amides is 1. The first-order valence-corrected chi connectivity index (χ1v) is 13.8. The zero-order valence-corrected chi connectivity index (χ0v) is 22.7. The van der Waals surface area contributed by atoms with E-state index in [1.165, 1.54) is 6.07 Å². The molecule has 0 radical (unpaired) electrons. The van der Waals surface area contributed by atoms with Gasteiger partial charge in [-0.1, -0.05) is 26.0 Å². The molecule has 0 bridgehead atoms. The third-order valence-corrected chi connectivity index (χ3v) is 6.82. The quantitative estimate of drug-likeness (QED) is 0.293. The Kier molecular flexibility index (Phi) is 10.3. The maximum Gasteiger partial charge on any atom is 0.338 e. The molecule has 1 aromatic heterocycles. The number of hydrogen-bond donors (Lipinski definition) is 1. The van der Waals surface area contributed by atoms with Crippen molar-refractivity contribution in [2.75, 3.05) is 49.5 Å². The molecular formula is C28H37N3O4S. The third-order valence-electron chi connectivity index (χ3n) is 6.18. The van der Waals surface area contributed by atoms with Crippen LogP contribution in [0.4, 0.5) is 17.1 Å². The van der Waals surface area contributed by atoms with Crippen LogP contribution in [-0.2, 0) is 4.79 Å². The minimum atomic E-state index is -0.416. The van der Waals surface area contributed by atoms with Gasteiger partial charge in [0.05, 0.1) is 24.5 Å². The minimum Gasteiger partial charge on any atom is -0.495 e. The number of benzene rings is 2. The Morgan fingerprint density at radius 2 is 1.83 bits per heavy atom. The largest absolute Gasteiger partial charge is 0.495 e. The van der Waals surface area contributed by atoms with Crippen LogP contribution < -0.4 is 20.6 Å². The topological polar surface area (TPSA) is 75.0 Å². The molecule has 1 atom stereocenters. The molecular weight excluding hydrogens is 474 g/mol. The molecule has 0 saturated heterocycles. The first kappa shape index (κ1) is 27.6. The Labute approximate surface area is 217 Å². The number of nitrogens with one attached hydrogen (secondary N) is 1. The Morgan fingerprint density at radius 3 is 2.50 bits per heavy atom. The van der Waals surface area contributed by atoms with Crippen LogP contribution >= 0.6 is 11.8 Å². The molecule has 0 unspecified atom stereocenters. The monoisotopic (exact) mass is 511 g/mol. The molecule has 3 rings (SSSR count). The van der Waals surface area contributed by atoms with E-state index in [9.17, 15) is 9.59 Å². The van der Waals surface area contributed by atoms with E-state index in [1.54, 1.807) is 24.9 Å². The molecule has 7 nitrogen and oxygen atoms in total. The summed E-state index contributed by atoms with van der Waals surface area (Å²) in [6.45, 7) is 6.04. The van der Waals surface area contributed by atoms with E-state index in [0.717, 1.165) is 54.9 Å². The molecule has 36 heavy (non-hydrogen) atoms. The zero-order valence-electron chi connectivity index (χ0n) is 21.9. The molecule has 8 heteroatoms. The van der Waals surface area contributed by atoms with Gasteiger partial charge in [-0.2, -0.15) is 11.8 Å². The van der Waals surface area contributed by atoms with Crippen molar-refractivity contribution < 1.29 is 13.9 Å². The maximum atomic E-state index is 13.6. The molecule has 0 aliphatic heterocycles. The number of carbonyl (C=O) groups is 1.